The van der Waals surface area contributed by atoms with Crippen molar-refractivity contribution in [3.05, 3.63) is 168 Å². The fourth-order valence-electron chi connectivity index (χ4n) is 8.25. The quantitative estimate of drug-likeness (QED) is 0.134. The Kier molecular flexibility index (Phi) is 9.07. The van der Waals surface area contributed by atoms with Crippen LogP contribution in [-0.2, 0) is 5.54 Å². The van der Waals surface area contributed by atoms with E-state index >= 15 is 4.79 Å². The average molecular weight is 702 g/mol. The molecule has 2 aliphatic heterocycles. The van der Waals surface area contributed by atoms with Gasteiger partial charge in [0.25, 0.3) is 5.91 Å². The van der Waals surface area contributed by atoms with Crippen LogP contribution in [0.4, 0.5) is 17.1 Å². The fourth-order valence-corrected chi connectivity index (χ4v) is 10.7. The molecular formula is C46H44N3O2P. The number of para-hydroxylation sites is 1. The number of hydrogen-bond donors (Lipinski definition) is 0. The van der Waals surface area contributed by atoms with Crippen molar-refractivity contribution in [3.8, 4) is 11.5 Å². The second-order valence-corrected chi connectivity index (χ2v) is 15.4. The second kappa shape index (κ2) is 14.0. The van der Waals surface area contributed by atoms with Gasteiger partial charge in [0.2, 0.25) is 0 Å². The molecule has 0 fully saturated rings. The number of hydrogen-bond acceptors (Lipinski definition) is 4. The van der Waals surface area contributed by atoms with Crippen LogP contribution in [0.3, 0.4) is 0 Å². The van der Waals surface area contributed by atoms with Crippen molar-refractivity contribution in [2.24, 2.45) is 0 Å². The Morgan fingerprint density at radius 2 is 1.04 bits per heavy atom. The molecule has 0 unspecified atom stereocenters. The first-order valence-corrected chi connectivity index (χ1v) is 19.8. The third kappa shape index (κ3) is 5.30. The van der Waals surface area contributed by atoms with E-state index in [2.05, 4.69) is 176 Å². The molecule has 2 aliphatic rings. The first-order valence-electron chi connectivity index (χ1n) is 18.4. The highest BCUT2D eigenvalue weighted by atomic mass is 31.1. The van der Waals surface area contributed by atoms with Crippen LogP contribution in [0.25, 0.3) is 0 Å². The highest BCUT2D eigenvalue weighted by Gasteiger charge is 2.57. The average Bonchev–Trinajstić information content (AvgIpc) is 3.45. The van der Waals surface area contributed by atoms with Gasteiger partial charge in [0, 0.05) is 77.2 Å². The second-order valence-electron chi connectivity index (χ2n) is 13.2. The van der Waals surface area contributed by atoms with Crippen molar-refractivity contribution < 1.29 is 9.53 Å². The van der Waals surface area contributed by atoms with Gasteiger partial charge < -0.3 is 14.5 Å². The SMILES string of the molecule is CCN(CC)c1ccc2c(c1)Oc1cc(N(CC)CC)ccc1C21c2ccccc2C(=O)N1c1ccccc1P(c1ccccc1)c1ccccc1. The van der Waals surface area contributed by atoms with Gasteiger partial charge in [-0.1, -0.05) is 109 Å². The number of carbonyl (C=O) groups excluding carboxylic acids is 1. The number of fused-ring (bicyclic) bond motifs is 6. The van der Waals surface area contributed by atoms with Crippen molar-refractivity contribution in [3.63, 3.8) is 0 Å². The van der Waals surface area contributed by atoms with E-state index in [1.54, 1.807) is 0 Å². The molecule has 5 nitrogen and oxygen atoms in total. The smallest absolute Gasteiger partial charge is 0.260 e. The maximum absolute atomic E-state index is 15.3. The maximum atomic E-state index is 15.3. The zero-order valence-corrected chi connectivity index (χ0v) is 31.2. The molecule has 1 spiro atoms. The Balaban J connectivity index is 1.45. The van der Waals surface area contributed by atoms with Crippen LogP contribution < -0.4 is 35.4 Å². The number of carbonyl (C=O) groups is 1. The minimum absolute atomic E-state index is 0.0152. The third-order valence-corrected chi connectivity index (χ3v) is 13.2. The molecule has 0 aromatic heterocycles. The minimum Gasteiger partial charge on any atom is -0.456 e. The lowest BCUT2D eigenvalue weighted by molar-refractivity contribution is 0.0986. The lowest BCUT2D eigenvalue weighted by atomic mass is 9.74. The van der Waals surface area contributed by atoms with Gasteiger partial charge in [-0.05, 0) is 70.5 Å². The summed E-state index contributed by atoms with van der Waals surface area (Å²) in [5.41, 5.74) is 5.72. The molecule has 0 saturated heterocycles. The summed E-state index contributed by atoms with van der Waals surface area (Å²) >= 11 is 0. The van der Waals surface area contributed by atoms with E-state index in [9.17, 15) is 0 Å². The number of benzene rings is 6. The molecule has 0 N–H and O–H groups in total. The highest BCUT2D eigenvalue weighted by molar-refractivity contribution is 7.80. The zero-order chi connectivity index (χ0) is 35.8. The first-order chi connectivity index (χ1) is 25.5. The van der Waals surface area contributed by atoms with Gasteiger partial charge in [0.15, 0.2) is 0 Å². The number of rotatable bonds is 10. The van der Waals surface area contributed by atoms with Crippen molar-refractivity contribution >= 4 is 46.8 Å². The van der Waals surface area contributed by atoms with E-state index in [4.69, 9.17) is 4.74 Å². The molecule has 260 valence electrons. The molecule has 6 heteroatoms. The zero-order valence-electron chi connectivity index (χ0n) is 30.3. The van der Waals surface area contributed by atoms with Gasteiger partial charge in [0.05, 0.1) is 5.69 Å². The summed E-state index contributed by atoms with van der Waals surface area (Å²) in [5, 5.41) is 3.59. The number of amides is 1. The summed E-state index contributed by atoms with van der Waals surface area (Å²) in [6.45, 7) is 12.2. The lowest BCUT2D eigenvalue weighted by Gasteiger charge is -2.45. The number of anilines is 3. The summed E-state index contributed by atoms with van der Waals surface area (Å²) in [7, 11) is -1.03. The van der Waals surface area contributed by atoms with Crippen molar-refractivity contribution in [2.45, 2.75) is 33.2 Å². The minimum atomic E-state index is -1.03. The molecule has 0 aliphatic carbocycles. The van der Waals surface area contributed by atoms with Crippen LogP contribution in [0.2, 0.25) is 0 Å². The summed E-state index contributed by atoms with van der Waals surface area (Å²) in [5.74, 6) is 1.53. The lowest BCUT2D eigenvalue weighted by Crippen LogP contribution is -2.49. The highest BCUT2D eigenvalue weighted by Crippen LogP contribution is 2.59. The van der Waals surface area contributed by atoms with Gasteiger partial charge in [-0.15, -0.1) is 0 Å². The molecule has 1 amide bonds. The molecule has 0 atom stereocenters. The summed E-state index contributed by atoms with van der Waals surface area (Å²) < 4.78 is 6.99. The summed E-state index contributed by atoms with van der Waals surface area (Å²) in [6.07, 6.45) is 0. The van der Waals surface area contributed by atoms with E-state index < -0.39 is 13.5 Å². The van der Waals surface area contributed by atoms with Gasteiger partial charge in [0.1, 0.15) is 17.0 Å². The molecular weight excluding hydrogens is 657 g/mol. The van der Waals surface area contributed by atoms with Crippen molar-refractivity contribution in [2.75, 3.05) is 40.9 Å². The Hall–Kier alpha value is -5.38. The monoisotopic (exact) mass is 701 g/mol. The van der Waals surface area contributed by atoms with Crippen LogP contribution >= 0.6 is 7.92 Å². The molecule has 6 aromatic rings. The molecule has 2 heterocycles. The molecule has 0 saturated carbocycles. The molecule has 0 bridgehead atoms. The van der Waals surface area contributed by atoms with Crippen LogP contribution in [0.15, 0.2) is 146 Å². The summed E-state index contributed by atoms with van der Waals surface area (Å²) in [6, 6.07) is 51.3. The Bertz CT molecular complexity index is 2130. The predicted molar refractivity (Wildman–Crippen MR) is 218 cm³/mol. The van der Waals surface area contributed by atoms with E-state index in [1.807, 2.05) is 12.1 Å². The van der Waals surface area contributed by atoms with Crippen LogP contribution in [0.5, 0.6) is 11.5 Å². The maximum Gasteiger partial charge on any atom is 0.260 e. The fraction of sp³-hybridized carbons (Fsp3) is 0.196. The largest absolute Gasteiger partial charge is 0.456 e. The van der Waals surface area contributed by atoms with E-state index in [1.165, 1.54) is 10.6 Å². The van der Waals surface area contributed by atoms with E-state index in [0.717, 1.165) is 76.7 Å². The van der Waals surface area contributed by atoms with Crippen LogP contribution in [0.1, 0.15) is 54.7 Å². The van der Waals surface area contributed by atoms with Gasteiger partial charge >= 0.3 is 0 Å². The third-order valence-electron chi connectivity index (χ3n) is 10.7. The first kappa shape index (κ1) is 33.7. The number of nitrogens with zero attached hydrogens (tertiary/aromatic N) is 3. The van der Waals surface area contributed by atoms with Gasteiger partial charge in [-0.2, -0.15) is 0 Å². The number of ether oxygens (including phenoxy) is 1. The van der Waals surface area contributed by atoms with Crippen molar-refractivity contribution in [1.29, 1.82) is 0 Å². The van der Waals surface area contributed by atoms with Crippen LogP contribution in [0, 0.1) is 0 Å². The Morgan fingerprint density at radius 3 is 1.58 bits per heavy atom. The topological polar surface area (TPSA) is 36.0 Å². The Morgan fingerprint density at radius 1 is 0.558 bits per heavy atom. The van der Waals surface area contributed by atoms with E-state index in [0.29, 0.717) is 5.56 Å². The van der Waals surface area contributed by atoms with E-state index in [-0.39, 0.29) is 5.91 Å². The molecule has 6 aromatic carbocycles. The molecule has 0 radical (unpaired) electrons. The standard InChI is InChI=1S/C46H44N3O2P/c1-5-47(6-2)33-27-29-39-42(31-33)51-43-32-34(48(7-3)8-4)28-30-40(43)46(39)38-24-16-15-23-37(38)45(50)49(46)41-25-17-18-26-44(41)52(35-19-11-9-12-20-35)36-21-13-10-14-22-36/h9-32H,5-8H2,1-4H3. The normalized spacial score (nSPS) is 13.8. The molecule has 52 heavy (non-hydrogen) atoms. The predicted octanol–water partition coefficient (Wildman–Crippen LogP) is 9.20. The van der Waals surface area contributed by atoms with Gasteiger partial charge in [-0.3, -0.25) is 9.69 Å². The summed E-state index contributed by atoms with van der Waals surface area (Å²) in [4.78, 5) is 22.1. The Labute approximate surface area is 308 Å². The molecule has 8 rings (SSSR count). The van der Waals surface area contributed by atoms with Crippen LogP contribution in [-0.4, -0.2) is 32.1 Å². The van der Waals surface area contributed by atoms with Crippen molar-refractivity contribution in [1.82, 2.24) is 0 Å². The van der Waals surface area contributed by atoms with Gasteiger partial charge in [-0.25, -0.2) is 0 Å².